The summed E-state index contributed by atoms with van der Waals surface area (Å²) in [6.07, 6.45) is 1.41. The molecular weight excluding hydrogens is 176 g/mol. The zero-order valence-corrected chi connectivity index (χ0v) is 6.93. The minimum Gasteiger partial charge on any atom is -0.368 e. The summed E-state index contributed by atoms with van der Waals surface area (Å²) < 4.78 is 1.15. The van der Waals surface area contributed by atoms with Gasteiger partial charge in [-0.15, -0.1) is 0 Å². The second-order valence-corrected chi connectivity index (χ2v) is 2.56. The van der Waals surface area contributed by atoms with Crippen molar-refractivity contribution >= 4 is 11.7 Å². The maximum absolute atomic E-state index is 10.5. The maximum Gasteiger partial charge on any atom is 0.392 e. The van der Waals surface area contributed by atoms with E-state index in [0.717, 1.165) is 4.68 Å². The molecule has 13 heavy (non-hydrogen) atoms. The monoisotopic (exact) mass is 184 g/mol. The van der Waals surface area contributed by atoms with Gasteiger partial charge >= 0.3 is 5.82 Å². The summed E-state index contributed by atoms with van der Waals surface area (Å²) in [6.45, 7) is 1.40. The van der Waals surface area contributed by atoms with Crippen LogP contribution in [0.4, 0.5) is 5.82 Å². The van der Waals surface area contributed by atoms with E-state index in [1.165, 1.54) is 6.20 Å². The number of carbonyl (C=O) groups is 1. The lowest BCUT2D eigenvalue weighted by Gasteiger charge is -1.88. The number of amides is 1. The van der Waals surface area contributed by atoms with E-state index < -0.39 is 10.8 Å². The first-order chi connectivity index (χ1) is 6.00. The van der Waals surface area contributed by atoms with Gasteiger partial charge in [-0.2, -0.15) is 4.68 Å². The molecule has 1 heterocycles. The van der Waals surface area contributed by atoms with Crippen molar-refractivity contribution in [3.63, 3.8) is 0 Å². The van der Waals surface area contributed by atoms with Gasteiger partial charge < -0.3 is 15.8 Å². The van der Waals surface area contributed by atoms with Gasteiger partial charge in [-0.05, 0) is 11.8 Å². The summed E-state index contributed by atoms with van der Waals surface area (Å²) in [6, 6.07) is 0. The van der Waals surface area contributed by atoms with Crippen molar-refractivity contribution in [1.82, 2.24) is 9.78 Å². The molecule has 1 aromatic rings. The number of hydrogen-bond donors (Lipinski definition) is 1. The molecule has 0 saturated carbocycles. The largest absolute Gasteiger partial charge is 0.392 e. The van der Waals surface area contributed by atoms with Crippen LogP contribution in [-0.4, -0.2) is 20.6 Å². The van der Waals surface area contributed by atoms with Crippen LogP contribution in [0.5, 0.6) is 0 Å². The lowest BCUT2D eigenvalue weighted by molar-refractivity contribution is -0.390. The van der Waals surface area contributed by atoms with E-state index in [2.05, 4.69) is 5.10 Å². The highest BCUT2D eigenvalue weighted by Crippen LogP contribution is 2.13. The van der Waals surface area contributed by atoms with Crippen LogP contribution in [-0.2, 0) is 11.3 Å². The third kappa shape index (κ3) is 2.01. The Kier molecular flexibility index (Phi) is 2.27. The van der Waals surface area contributed by atoms with Gasteiger partial charge in [-0.25, -0.2) is 0 Å². The van der Waals surface area contributed by atoms with E-state index in [1.807, 2.05) is 0 Å². The quantitative estimate of drug-likeness (QED) is 0.509. The van der Waals surface area contributed by atoms with Crippen LogP contribution in [0.1, 0.15) is 5.56 Å². The molecule has 0 aliphatic rings. The molecule has 0 bridgehead atoms. The number of aryl methyl sites for hydroxylation is 1. The molecule has 7 heteroatoms. The van der Waals surface area contributed by atoms with Crippen LogP contribution in [0.2, 0.25) is 0 Å². The SMILES string of the molecule is Cc1cn(CC(N)=O)nc1[N+](=O)[O-]. The van der Waals surface area contributed by atoms with Gasteiger partial charge in [0.2, 0.25) is 5.91 Å². The van der Waals surface area contributed by atoms with Crippen LogP contribution in [0.15, 0.2) is 6.20 Å². The maximum atomic E-state index is 10.5. The standard InChI is InChI=1S/C6H8N4O3/c1-4-2-9(3-5(7)11)8-6(4)10(12)13/h2H,3H2,1H3,(H2,7,11). The first kappa shape index (κ1) is 9.17. The molecule has 0 fully saturated rings. The Morgan fingerprint density at radius 2 is 2.46 bits per heavy atom. The highest BCUT2D eigenvalue weighted by atomic mass is 16.6. The van der Waals surface area contributed by atoms with Crippen LogP contribution >= 0.6 is 0 Å². The van der Waals surface area contributed by atoms with Crippen molar-refractivity contribution < 1.29 is 9.72 Å². The van der Waals surface area contributed by atoms with E-state index >= 15 is 0 Å². The molecule has 0 saturated heterocycles. The molecule has 0 spiro atoms. The van der Waals surface area contributed by atoms with Gasteiger partial charge in [-0.1, -0.05) is 0 Å². The molecule has 0 atom stereocenters. The van der Waals surface area contributed by atoms with E-state index in [9.17, 15) is 14.9 Å². The van der Waals surface area contributed by atoms with Crippen molar-refractivity contribution in [1.29, 1.82) is 0 Å². The molecule has 0 aromatic carbocycles. The van der Waals surface area contributed by atoms with E-state index in [4.69, 9.17) is 5.73 Å². The van der Waals surface area contributed by atoms with Gasteiger partial charge in [0.25, 0.3) is 0 Å². The van der Waals surface area contributed by atoms with Crippen molar-refractivity contribution in [2.45, 2.75) is 13.5 Å². The topological polar surface area (TPSA) is 104 Å². The molecular formula is C6H8N4O3. The molecule has 1 aromatic heterocycles. The Balaban J connectivity index is 2.95. The third-order valence-corrected chi connectivity index (χ3v) is 1.41. The smallest absolute Gasteiger partial charge is 0.368 e. The van der Waals surface area contributed by atoms with E-state index in [0.29, 0.717) is 5.56 Å². The molecule has 70 valence electrons. The second kappa shape index (κ2) is 3.21. The number of nitrogens with zero attached hydrogens (tertiary/aromatic N) is 3. The number of carbonyl (C=O) groups excluding carboxylic acids is 1. The average molecular weight is 184 g/mol. The van der Waals surface area contributed by atoms with Gasteiger partial charge in [0.15, 0.2) is 0 Å². The first-order valence-corrected chi connectivity index (χ1v) is 3.47. The molecule has 7 nitrogen and oxygen atoms in total. The number of rotatable bonds is 3. The van der Waals surface area contributed by atoms with Crippen molar-refractivity contribution in [3.8, 4) is 0 Å². The lowest BCUT2D eigenvalue weighted by atomic mass is 10.4. The average Bonchev–Trinajstić information content (AvgIpc) is 2.29. The zero-order chi connectivity index (χ0) is 10.0. The molecule has 0 unspecified atom stereocenters. The fraction of sp³-hybridized carbons (Fsp3) is 0.333. The molecule has 1 amide bonds. The summed E-state index contributed by atoms with van der Waals surface area (Å²) in [5, 5.41) is 13.9. The van der Waals surface area contributed by atoms with E-state index in [1.54, 1.807) is 6.92 Å². The van der Waals surface area contributed by atoms with Gasteiger partial charge in [0.1, 0.15) is 6.54 Å². The highest BCUT2D eigenvalue weighted by molar-refractivity contribution is 5.73. The fourth-order valence-corrected chi connectivity index (χ4v) is 0.932. The van der Waals surface area contributed by atoms with Gasteiger partial charge in [0, 0.05) is 0 Å². The predicted molar refractivity (Wildman–Crippen MR) is 42.8 cm³/mol. The normalized spacial score (nSPS) is 9.92. The number of aromatic nitrogens is 2. The Bertz CT molecular complexity index is 357. The summed E-state index contributed by atoms with van der Waals surface area (Å²) in [5.74, 6) is -0.835. The van der Waals surface area contributed by atoms with E-state index in [-0.39, 0.29) is 12.4 Å². The number of primary amides is 1. The number of hydrogen-bond acceptors (Lipinski definition) is 4. The predicted octanol–water partition coefficient (Wildman–Crippen LogP) is -0.415. The minimum absolute atomic E-state index is 0.144. The van der Waals surface area contributed by atoms with Crippen molar-refractivity contribution in [3.05, 3.63) is 21.9 Å². The lowest BCUT2D eigenvalue weighted by Crippen LogP contribution is -2.18. The van der Waals surface area contributed by atoms with Crippen molar-refractivity contribution in [2.24, 2.45) is 5.73 Å². The first-order valence-electron chi connectivity index (χ1n) is 3.47. The summed E-state index contributed by atoms with van der Waals surface area (Å²) in [4.78, 5) is 20.2. The fourth-order valence-electron chi connectivity index (χ4n) is 0.932. The Hall–Kier alpha value is -1.92. The molecule has 0 radical (unpaired) electrons. The molecule has 0 aliphatic heterocycles. The molecule has 0 aliphatic carbocycles. The van der Waals surface area contributed by atoms with Crippen LogP contribution in [0.3, 0.4) is 0 Å². The summed E-state index contributed by atoms with van der Waals surface area (Å²) in [5.41, 5.74) is 5.30. The Morgan fingerprint density at radius 1 is 1.85 bits per heavy atom. The van der Waals surface area contributed by atoms with Gasteiger partial charge in [0.05, 0.1) is 16.9 Å². The Labute approximate surface area is 73.3 Å². The molecule has 1 rings (SSSR count). The van der Waals surface area contributed by atoms with Crippen LogP contribution in [0, 0.1) is 17.0 Å². The Morgan fingerprint density at radius 3 is 2.85 bits per heavy atom. The van der Waals surface area contributed by atoms with Crippen LogP contribution < -0.4 is 5.73 Å². The molecule has 2 N–H and O–H groups in total. The number of nitrogens with two attached hydrogens (primary N) is 1. The third-order valence-electron chi connectivity index (χ3n) is 1.41. The zero-order valence-electron chi connectivity index (χ0n) is 6.93. The highest BCUT2D eigenvalue weighted by Gasteiger charge is 2.17. The van der Waals surface area contributed by atoms with Crippen LogP contribution in [0.25, 0.3) is 0 Å². The number of nitro groups is 1. The van der Waals surface area contributed by atoms with Crippen molar-refractivity contribution in [2.75, 3.05) is 0 Å². The van der Waals surface area contributed by atoms with Gasteiger partial charge in [-0.3, -0.25) is 4.79 Å². The minimum atomic E-state index is -0.604. The summed E-state index contributed by atoms with van der Waals surface area (Å²) >= 11 is 0. The summed E-state index contributed by atoms with van der Waals surface area (Å²) in [7, 11) is 0. The second-order valence-electron chi connectivity index (χ2n) is 2.56.